The third kappa shape index (κ3) is 5.98. The summed E-state index contributed by atoms with van der Waals surface area (Å²) in [5.74, 6) is -1.65. The molecule has 2 aromatic carbocycles. The van der Waals surface area contributed by atoms with Crippen LogP contribution >= 0.6 is 33.4 Å². The standard InChI is InChI=1S/C15H16FN5O3S2.C11H8ClFN4O3S2/c1-8-17-18-13(25-8)21-11-7-9(26(23,24)19-15(2)4-5-15)6-10(16)12(11)20(3)14(21)22;1-5-14-15-10(21-5)17-8-4-6(22(12,19)20)3-7(13)9(8)16(2)11(17)18/h6-7,19H,4-5H2,1-3H3;3-4H,1-2H3. The highest BCUT2D eigenvalue weighted by molar-refractivity contribution is 8.13. The molecule has 0 amide bonds. The molecule has 0 aliphatic heterocycles. The summed E-state index contributed by atoms with van der Waals surface area (Å²) >= 11 is 2.29. The lowest BCUT2D eigenvalue weighted by atomic mass is 10.3. The average molecular weight is 760 g/mol. The molecule has 1 N–H and O–H groups in total. The largest absolute Gasteiger partial charge is 0.335 e. The zero-order valence-electron chi connectivity index (χ0n) is 25.5. The van der Waals surface area contributed by atoms with Crippen molar-refractivity contribution in [1.82, 2.24) is 43.4 Å². The van der Waals surface area contributed by atoms with Gasteiger partial charge in [-0.3, -0.25) is 9.13 Å². The molecule has 15 nitrogen and oxygen atoms in total. The maximum atomic E-state index is 14.7. The molecule has 1 fully saturated rings. The van der Waals surface area contributed by atoms with Gasteiger partial charge in [-0.1, -0.05) is 22.7 Å². The average Bonchev–Trinajstić information content (AvgIpc) is 3.28. The molecule has 254 valence electrons. The van der Waals surface area contributed by atoms with Crippen LogP contribution in [0.15, 0.2) is 43.6 Å². The Bertz CT molecular complexity index is 2630. The minimum Gasteiger partial charge on any atom is -0.292 e. The van der Waals surface area contributed by atoms with Crippen LogP contribution in [0.25, 0.3) is 32.3 Å². The number of aromatic nitrogens is 8. The first-order valence-electron chi connectivity index (χ1n) is 13.7. The van der Waals surface area contributed by atoms with Crippen molar-refractivity contribution < 1.29 is 25.6 Å². The molecule has 0 saturated heterocycles. The summed E-state index contributed by atoms with van der Waals surface area (Å²) in [7, 11) is 0.0211. The van der Waals surface area contributed by atoms with Gasteiger partial charge in [0.1, 0.15) is 32.7 Å². The predicted molar refractivity (Wildman–Crippen MR) is 174 cm³/mol. The fraction of sp³-hybridized carbons (Fsp3) is 0.308. The lowest BCUT2D eigenvalue weighted by molar-refractivity contribution is 0.556. The Morgan fingerprint density at radius 1 is 0.771 bits per heavy atom. The van der Waals surface area contributed by atoms with E-state index in [1.54, 1.807) is 20.8 Å². The molecule has 0 bridgehead atoms. The molecular weight excluding hydrogens is 736 g/mol. The first-order valence-corrected chi connectivity index (χ1v) is 19.2. The van der Waals surface area contributed by atoms with Crippen LogP contribution in [0.2, 0.25) is 0 Å². The zero-order valence-corrected chi connectivity index (χ0v) is 29.5. The van der Waals surface area contributed by atoms with E-state index in [9.17, 15) is 35.2 Å². The van der Waals surface area contributed by atoms with Crippen LogP contribution in [0.4, 0.5) is 8.78 Å². The van der Waals surface area contributed by atoms with Crippen molar-refractivity contribution in [3.8, 4) is 10.3 Å². The number of hydrogen-bond donors (Lipinski definition) is 1. The molecule has 1 aliphatic rings. The van der Waals surface area contributed by atoms with Crippen molar-refractivity contribution in [3.05, 3.63) is 66.9 Å². The van der Waals surface area contributed by atoms with Gasteiger partial charge in [0, 0.05) is 30.3 Å². The summed E-state index contributed by atoms with van der Waals surface area (Å²) in [5, 5.41) is 17.2. The molecule has 0 atom stereocenters. The number of rotatable bonds is 6. The van der Waals surface area contributed by atoms with Crippen molar-refractivity contribution in [3.63, 3.8) is 0 Å². The van der Waals surface area contributed by atoms with Gasteiger partial charge in [0.25, 0.3) is 9.05 Å². The lowest BCUT2D eigenvalue weighted by Gasteiger charge is -2.12. The highest BCUT2D eigenvalue weighted by Crippen LogP contribution is 2.36. The minimum atomic E-state index is -4.14. The molecular formula is C26H24ClF2N9O6S4. The number of benzene rings is 2. The number of nitrogens with one attached hydrogen (secondary N) is 1. The van der Waals surface area contributed by atoms with Crippen molar-refractivity contribution in [2.75, 3.05) is 0 Å². The van der Waals surface area contributed by atoms with Crippen molar-refractivity contribution in [2.45, 2.75) is 48.9 Å². The smallest absolute Gasteiger partial charge is 0.292 e. The molecule has 0 unspecified atom stereocenters. The number of nitrogens with zero attached hydrogens (tertiary/aromatic N) is 8. The second-order valence-corrected chi connectivity index (χ2v) is 17.8. The molecule has 4 heterocycles. The zero-order chi connectivity index (χ0) is 35.1. The molecule has 48 heavy (non-hydrogen) atoms. The summed E-state index contributed by atoms with van der Waals surface area (Å²) in [6.07, 6.45) is 1.47. The van der Waals surface area contributed by atoms with Gasteiger partial charge < -0.3 is 0 Å². The quantitative estimate of drug-likeness (QED) is 0.248. The predicted octanol–water partition coefficient (Wildman–Crippen LogP) is 3.01. The molecule has 1 aliphatic carbocycles. The minimum absolute atomic E-state index is 0.0134. The number of halogens is 3. The van der Waals surface area contributed by atoms with Crippen LogP contribution in [-0.4, -0.2) is 61.0 Å². The fourth-order valence-corrected chi connectivity index (χ4v) is 8.57. The number of hydrogen-bond acceptors (Lipinski definition) is 12. The number of aryl methyl sites for hydroxylation is 4. The molecule has 4 aromatic heterocycles. The van der Waals surface area contributed by atoms with Gasteiger partial charge in [-0.15, -0.1) is 20.4 Å². The Labute approximate surface area is 282 Å². The van der Waals surface area contributed by atoms with E-state index < -0.39 is 52.5 Å². The van der Waals surface area contributed by atoms with Gasteiger partial charge >= 0.3 is 11.4 Å². The first kappa shape index (κ1) is 34.0. The molecule has 22 heteroatoms. The molecule has 7 rings (SSSR count). The third-order valence-corrected chi connectivity index (χ3v) is 12.1. The topological polar surface area (TPSA) is 186 Å². The summed E-state index contributed by atoms with van der Waals surface area (Å²) in [6.45, 7) is 5.22. The monoisotopic (exact) mass is 759 g/mol. The second-order valence-electron chi connectivity index (χ2n) is 11.2. The SMILES string of the molecule is Cc1nnc(-n2c(=O)n(C)c3c(F)cc(S(=O)(=O)Cl)cc32)s1.Cc1nnc(-n2c(=O)n(C)c3c(F)cc(S(=O)(=O)NC4(C)CC4)cc32)s1. The lowest BCUT2D eigenvalue weighted by Crippen LogP contribution is -2.34. The van der Waals surface area contributed by atoms with Crippen LogP contribution in [0, 0.1) is 25.5 Å². The van der Waals surface area contributed by atoms with E-state index in [2.05, 4.69) is 25.1 Å². The van der Waals surface area contributed by atoms with Gasteiger partial charge in [-0.25, -0.2) is 49.1 Å². The van der Waals surface area contributed by atoms with Crippen LogP contribution < -0.4 is 16.1 Å². The Balaban J connectivity index is 0.000000170. The summed E-state index contributed by atoms with van der Waals surface area (Å²) in [6, 6.07) is 4.15. The van der Waals surface area contributed by atoms with E-state index in [0.717, 1.165) is 67.4 Å². The van der Waals surface area contributed by atoms with Crippen LogP contribution in [0.5, 0.6) is 0 Å². The Morgan fingerprint density at radius 2 is 1.19 bits per heavy atom. The number of fused-ring (bicyclic) bond motifs is 2. The second kappa shape index (κ2) is 11.6. The first-order chi connectivity index (χ1) is 22.3. The van der Waals surface area contributed by atoms with Gasteiger partial charge in [-0.2, -0.15) is 0 Å². The van der Waals surface area contributed by atoms with E-state index in [4.69, 9.17) is 10.7 Å². The van der Waals surface area contributed by atoms with E-state index in [0.29, 0.717) is 10.0 Å². The summed E-state index contributed by atoms with van der Waals surface area (Å²) < 4.78 is 84.2. The van der Waals surface area contributed by atoms with E-state index >= 15 is 0 Å². The van der Waals surface area contributed by atoms with Crippen molar-refractivity contribution >= 4 is 74.5 Å². The fourth-order valence-electron chi connectivity index (χ4n) is 4.91. The highest BCUT2D eigenvalue weighted by atomic mass is 35.7. The van der Waals surface area contributed by atoms with Crippen LogP contribution in [-0.2, 0) is 33.2 Å². The van der Waals surface area contributed by atoms with Gasteiger partial charge in [-0.05, 0) is 57.9 Å². The van der Waals surface area contributed by atoms with E-state index in [-0.39, 0.29) is 37.2 Å². The van der Waals surface area contributed by atoms with E-state index in [1.807, 2.05) is 0 Å². The summed E-state index contributed by atoms with van der Waals surface area (Å²) in [4.78, 5) is 24.3. The highest BCUT2D eigenvalue weighted by Gasteiger charge is 2.41. The maximum absolute atomic E-state index is 14.7. The maximum Gasteiger partial charge on any atom is 0.335 e. The molecule has 0 radical (unpaired) electrons. The Kier molecular flexibility index (Phi) is 8.23. The summed E-state index contributed by atoms with van der Waals surface area (Å²) in [5.41, 5.74) is -1.41. The van der Waals surface area contributed by atoms with Crippen molar-refractivity contribution in [2.24, 2.45) is 14.1 Å². The van der Waals surface area contributed by atoms with Gasteiger partial charge in [0.2, 0.25) is 20.3 Å². The molecule has 0 spiro atoms. The van der Waals surface area contributed by atoms with E-state index in [1.165, 1.54) is 24.7 Å². The molecule has 1 saturated carbocycles. The van der Waals surface area contributed by atoms with Gasteiger partial charge in [0.15, 0.2) is 0 Å². The Hall–Kier alpha value is -3.89. The number of imidazole rings is 2. The van der Waals surface area contributed by atoms with Crippen molar-refractivity contribution in [1.29, 1.82) is 0 Å². The third-order valence-electron chi connectivity index (χ3n) is 7.53. The van der Waals surface area contributed by atoms with Crippen LogP contribution in [0.3, 0.4) is 0 Å². The Morgan fingerprint density at radius 3 is 1.56 bits per heavy atom. The normalized spacial score (nSPS) is 14.4. The van der Waals surface area contributed by atoms with Gasteiger partial charge in [0.05, 0.1) is 20.8 Å². The molecule has 6 aromatic rings. The van der Waals surface area contributed by atoms with Crippen LogP contribution in [0.1, 0.15) is 29.8 Å². The number of sulfonamides is 1.